The van der Waals surface area contributed by atoms with Crippen molar-refractivity contribution in [3.05, 3.63) is 52.6 Å². The number of hydrogen-bond donors (Lipinski definition) is 3. The quantitative estimate of drug-likeness (QED) is 0.297. The number of fused-ring (bicyclic) bond motifs is 2. The van der Waals surface area contributed by atoms with E-state index in [1.54, 1.807) is 18.2 Å². The second-order valence-electron chi connectivity index (χ2n) is 9.82. The van der Waals surface area contributed by atoms with Crippen LogP contribution in [0.25, 0.3) is 0 Å². The van der Waals surface area contributed by atoms with Crippen LogP contribution >= 0.6 is 0 Å². The summed E-state index contributed by atoms with van der Waals surface area (Å²) in [7, 11) is -4.71. The van der Waals surface area contributed by atoms with Gasteiger partial charge in [0.2, 0.25) is 0 Å². The summed E-state index contributed by atoms with van der Waals surface area (Å²) in [6.45, 7) is 6.67. The summed E-state index contributed by atoms with van der Waals surface area (Å²) in [5, 5.41) is 3.30. The van der Waals surface area contributed by atoms with Gasteiger partial charge in [-0.25, -0.2) is 0 Å². The SMILES string of the molecule is CC(C)(C)C1CCC(Nc2cc(S(=O)(=O)O)c(N)c3c2C(=O)c2ccccc2C3=O)CC1.[NaH]. The van der Waals surface area contributed by atoms with Crippen LogP contribution in [-0.4, -0.2) is 60.1 Å². The molecule has 9 heteroatoms. The molecule has 0 heterocycles. The first-order valence-electron chi connectivity index (χ1n) is 10.8. The van der Waals surface area contributed by atoms with E-state index in [0.717, 1.165) is 25.7 Å². The summed E-state index contributed by atoms with van der Waals surface area (Å²) in [6.07, 6.45) is 3.69. The Kier molecular flexibility index (Phi) is 7.18. The molecule has 172 valence electrons. The summed E-state index contributed by atoms with van der Waals surface area (Å²) in [4.78, 5) is 26.0. The van der Waals surface area contributed by atoms with Crippen LogP contribution < -0.4 is 11.1 Å². The van der Waals surface area contributed by atoms with Gasteiger partial charge in [-0.3, -0.25) is 14.1 Å². The third kappa shape index (κ3) is 4.77. The zero-order valence-electron chi connectivity index (χ0n) is 18.4. The van der Waals surface area contributed by atoms with E-state index in [-0.39, 0.29) is 69.0 Å². The molecule has 0 saturated heterocycles. The number of carbonyl (C=O) groups excluding carboxylic acids is 2. The molecule has 1 saturated carbocycles. The third-order valence-corrected chi connectivity index (χ3v) is 7.68. The van der Waals surface area contributed by atoms with Gasteiger partial charge in [-0.15, -0.1) is 0 Å². The standard InChI is InChI=1S/C24H28N2O5S.Na.H/c1-24(2,3)13-8-10-14(11-9-13)26-17-12-18(32(29,30)31)21(25)20-19(17)22(27)15-6-4-5-7-16(15)23(20)28;;/h4-7,12-14,26H,8-11,25H2,1-3H3,(H,29,30,31);;. The van der Waals surface area contributed by atoms with Crippen molar-refractivity contribution in [2.24, 2.45) is 11.3 Å². The predicted molar refractivity (Wildman–Crippen MR) is 130 cm³/mol. The molecule has 0 bridgehead atoms. The van der Waals surface area contributed by atoms with Gasteiger partial charge in [-0.1, -0.05) is 45.0 Å². The Hall–Kier alpha value is -1.71. The molecule has 0 spiro atoms. The Bertz CT molecular complexity index is 1230. The van der Waals surface area contributed by atoms with Gasteiger partial charge >= 0.3 is 29.6 Å². The van der Waals surface area contributed by atoms with Crippen LogP contribution in [0.1, 0.15) is 78.3 Å². The fourth-order valence-electron chi connectivity index (χ4n) is 4.94. The zero-order chi connectivity index (χ0) is 23.4. The molecule has 4 rings (SSSR count). The van der Waals surface area contributed by atoms with Gasteiger partial charge in [-0.2, -0.15) is 8.42 Å². The summed E-state index contributed by atoms with van der Waals surface area (Å²) in [6, 6.07) is 7.58. The number of carbonyl (C=O) groups is 2. The van der Waals surface area contributed by atoms with Crippen LogP contribution in [0.5, 0.6) is 0 Å². The molecule has 4 N–H and O–H groups in total. The van der Waals surface area contributed by atoms with Crippen molar-refractivity contribution in [3.63, 3.8) is 0 Å². The fraction of sp³-hybridized carbons (Fsp3) is 0.417. The molecule has 0 atom stereocenters. The maximum atomic E-state index is 13.4. The molecule has 2 aromatic rings. The van der Waals surface area contributed by atoms with Crippen molar-refractivity contribution in [2.75, 3.05) is 11.1 Å². The summed E-state index contributed by atoms with van der Waals surface area (Å²) in [5.74, 6) is -0.350. The normalized spacial score (nSPS) is 20.5. The van der Waals surface area contributed by atoms with E-state index in [0.29, 0.717) is 5.92 Å². The Morgan fingerprint density at radius 3 is 1.97 bits per heavy atom. The van der Waals surface area contributed by atoms with Crippen molar-refractivity contribution in [1.29, 1.82) is 0 Å². The van der Waals surface area contributed by atoms with E-state index in [9.17, 15) is 22.6 Å². The predicted octanol–water partition coefficient (Wildman–Crippen LogP) is 3.66. The Morgan fingerprint density at radius 1 is 0.970 bits per heavy atom. The average molecular weight is 481 g/mol. The topological polar surface area (TPSA) is 127 Å². The second kappa shape index (κ2) is 9.15. The Balaban J connectivity index is 0.00000306. The van der Waals surface area contributed by atoms with Crippen molar-refractivity contribution >= 4 is 62.6 Å². The first-order valence-corrected chi connectivity index (χ1v) is 12.2. The van der Waals surface area contributed by atoms with E-state index < -0.39 is 32.3 Å². The molecule has 0 amide bonds. The summed E-state index contributed by atoms with van der Waals surface area (Å²) in [5.41, 5.74) is 6.36. The number of nitrogen functional groups attached to an aromatic ring is 1. The van der Waals surface area contributed by atoms with Gasteiger partial charge in [-0.05, 0) is 43.1 Å². The number of ketones is 2. The second-order valence-corrected chi connectivity index (χ2v) is 11.2. The van der Waals surface area contributed by atoms with Crippen LogP contribution in [0.15, 0.2) is 35.2 Å². The van der Waals surface area contributed by atoms with Crippen LogP contribution in [0.4, 0.5) is 11.4 Å². The monoisotopic (exact) mass is 480 g/mol. The molecule has 2 aromatic carbocycles. The molecule has 1 fully saturated rings. The summed E-state index contributed by atoms with van der Waals surface area (Å²) >= 11 is 0. The molecular weight excluding hydrogens is 451 g/mol. The van der Waals surface area contributed by atoms with Crippen molar-refractivity contribution in [2.45, 2.75) is 57.4 Å². The van der Waals surface area contributed by atoms with Gasteiger partial charge < -0.3 is 11.1 Å². The minimum absolute atomic E-state index is 0. The zero-order valence-corrected chi connectivity index (χ0v) is 19.3. The molecule has 2 aliphatic carbocycles. The van der Waals surface area contributed by atoms with Crippen LogP contribution in [-0.2, 0) is 10.1 Å². The van der Waals surface area contributed by atoms with Gasteiger partial charge in [0, 0.05) is 22.9 Å². The number of benzene rings is 2. The van der Waals surface area contributed by atoms with Crippen molar-refractivity contribution in [1.82, 2.24) is 0 Å². The van der Waals surface area contributed by atoms with Crippen LogP contribution in [0.2, 0.25) is 0 Å². The molecule has 7 nitrogen and oxygen atoms in total. The van der Waals surface area contributed by atoms with Gasteiger partial charge in [0.05, 0.1) is 16.8 Å². The van der Waals surface area contributed by atoms with E-state index in [1.807, 2.05) is 0 Å². The number of nitrogens with one attached hydrogen (secondary N) is 1. The van der Waals surface area contributed by atoms with E-state index >= 15 is 0 Å². The minimum atomic E-state index is -4.71. The number of anilines is 2. The number of nitrogens with two attached hydrogens (primary N) is 1. The fourth-order valence-corrected chi connectivity index (χ4v) is 5.59. The van der Waals surface area contributed by atoms with E-state index in [2.05, 4.69) is 26.1 Å². The first-order chi connectivity index (χ1) is 14.9. The van der Waals surface area contributed by atoms with Gasteiger partial charge in [0.15, 0.2) is 11.6 Å². The average Bonchev–Trinajstić information content (AvgIpc) is 2.72. The maximum absolute atomic E-state index is 13.4. The molecule has 0 aromatic heterocycles. The van der Waals surface area contributed by atoms with Gasteiger partial charge in [0.25, 0.3) is 10.1 Å². The molecular formula is C24H29N2NaO5S. The Labute approximate surface area is 216 Å². The molecule has 0 aliphatic heterocycles. The number of rotatable bonds is 3. The van der Waals surface area contributed by atoms with E-state index in [4.69, 9.17) is 5.73 Å². The van der Waals surface area contributed by atoms with E-state index in [1.165, 1.54) is 12.1 Å². The Morgan fingerprint density at radius 2 is 1.48 bits per heavy atom. The molecule has 0 unspecified atom stereocenters. The van der Waals surface area contributed by atoms with Crippen LogP contribution in [0, 0.1) is 11.3 Å². The first kappa shape index (κ1) is 25.9. The molecule has 33 heavy (non-hydrogen) atoms. The number of hydrogen-bond acceptors (Lipinski definition) is 6. The van der Waals surface area contributed by atoms with Crippen molar-refractivity contribution in [3.8, 4) is 0 Å². The molecule has 2 aliphatic rings. The molecule has 0 radical (unpaired) electrons. The third-order valence-electron chi connectivity index (χ3n) is 6.79. The van der Waals surface area contributed by atoms with Crippen molar-refractivity contribution < 1.29 is 22.6 Å². The van der Waals surface area contributed by atoms with Crippen LogP contribution in [0.3, 0.4) is 0 Å². The van der Waals surface area contributed by atoms with Gasteiger partial charge in [0.1, 0.15) is 4.90 Å². The summed E-state index contributed by atoms with van der Waals surface area (Å²) < 4.78 is 33.8.